The van der Waals surface area contributed by atoms with Gasteiger partial charge in [-0.15, -0.1) is 24.8 Å². The zero-order chi connectivity index (χ0) is 20.6. The summed E-state index contributed by atoms with van der Waals surface area (Å²) in [4.78, 5) is 2.10. The predicted molar refractivity (Wildman–Crippen MR) is 120 cm³/mol. The lowest BCUT2D eigenvalue weighted by Gasteiger charge is -2.25. The number of hydrogen-bond acceptors (Lipinski definition) is 4. The number of fused-ring (bicyclic) bond motifs is 1. The van der Waals surface area contributed by atoms with Crippen LogP contribution in [-0.2, 0) is 10.2 Å². The molecule has 0 amide bonds. The Morgan fingerprint density at radius 1 is 0.871 bits per heavy atom. The summed E-state index contributed by atoms with van der Waals surface area (Å²) in [5.41, 5.74) is -0.658. The van der Waals surface area contributed by atoms with Crippen LogP contribution in [0.2, 0.25) is 0 Å². The minimum Gasteiger partial charge on any atom is -0.315 e. The summed E-state index contributed by atoms with van der Waals surface area (Å²) >= 11 is 0. The first kappa shape index (κ1) is 25.5. The second-order valence-corrected chi connectivity index (χ2v) is 8.67. The average Bonchev–Trinajstić information content (AvgIpc) is 2.84. The van der Waals surface area contributed by atoms with Crippen molar-refractivity contribution in [3.05, 3.63) is 53.8 Å². The van der Waals surface area contributed by atoms with Crippen molar-refractivity contribution in [3.63, 3.8) is 0 Å². The quantitative estimate of drug-likeness (QED) is 0.701. The number of benzene rings is 2. The van der Waals surface area contributed by atoms with E-state index in [0.717, 1.165) is 55.1 Å². The van der Waals surface area contributed by atoms with Gasteiger partial charge < -0.3 is 10.2 Å². The highest BCUT2D eigenvalue weighted by molar-refractivity contribution is 7.95. The van der Waals surface area contributed by atoms with Crippen molar-refractivity contribution >= 4 is 52.1 Å². The van der Waals surface area contributed by atoms with Crippen LogP contribution in [0.5, 0.6) is 0 Å². The smallest absolute Gasteiger partial charge is 0.315 e. The number of hydrogen-bond donors (Lipinski definition) is 1. The summed E-state index contributed by atoms with van der Waals surface area (Å²) in [6.45, 7) is 3.63. The van der Waals surface area contributed by atoms with Crippen LogP contribution in [0.25, 0.3) is 0 Å². The molecule has 0 unspecified atom stereocenters. The maximum atomic E-state index is 14.7. The Morgan fingerprint density at radius 3 is 2.29 bits per heavy atom. The highest BCUT2D eigenvalue weighted by atomic mass is 35.5. The lowest BCUT2D eigenvalue weighted by atomic mass is 10.2. The Kier molecular flexibility index (Phi) is 8.46. The third-order valence-electron chi connectivity index (χ3n) is 5.14. The lowest BCUT2D eigenvalue weighted by Crippen LogP contribution is -2.41. The first-order valence-corrected chi connectivity index (χ1v) is 10.8. The van der Waals surface area contributed by atoms with Crippen molar-refractivity contribution in [3.8, 4) is 0 Å². The molecule has 12 heteroatoms. The van der Waals surface area contributed by atoms with E-state index in [9.17, 15) is 21.6 Å². The highest BCUT2D eigenvalue weighted by Gasteiger charge is 2.44. The fourth-order valence-electron chi connectivity index (χ4n) is 3.74. The number of halogens is 5. The van der Waals surface area contributed by atoms with Crippen LogP contribution in [0.4, 0.5) is 30.2 Å². The van der Waals surface area contributed by atoms with Crippen LogP contribution in [-0.4, -0.2) is 52.6 Å². The molecule has 0 spiro atoms. The van der Waals surface area contributed by atoms with Gasteiger partial charge in [0.15, 0.2) is 11.6 Å². The molecule has 2 heterocycles. The molecule has 2 aliphatic heterocycles. The van der Waals surface area contributed by atoms with Gasteiger partial charge in [0.1, 0.15) is 11.5 Å². The van der Waals surface area contributed by atoms with Gasteiger partial charge in [0.2, 0.25) is 0 Å². The summed E-state index contributed by atoms with van der Waals surface area (Å²) < 4.78 is 71.0. The molecule has 0 aliphatic carbocycles. The third kappa shape index (κ3) is 4.73. The van der Waals surface area contributed by atoms with Crippen molar-refractivity contribution in [2.75, 3.05) is 47.9 Å². The van der Waals surface area contributed by atoms with Crippen molar-refractivity contribution in [1.29, 1.82) is 0 Å². The van der Waals surface area contributed by atoms with E-state index in [-0.39, 0.29) is 42.7 Å². The Labute approximate surface area is 192 Å². The number of nitrogens with zero attached hydrogens (tertiary/aromatic N) is 3. The maximum absolute atomic E-state index is 14.7. The van der Waals surface area contributed by atoms with E-state index in [0.29, 0.717) is 10.8 Å². The standard InChI is InChI=1S/C19H21F3N4O2S.2ClH/c20-14-4-1-6-16(18(14)22)26-17-7-2-5-15(21)19(17)25(29(26,27)28)13-12-24-10-3-8-23-9-11-24;;/h1-2,4-7,23H,3,8-13H2;2*1H. The zero-order valence-electron chi connectivity index (χ0n) is 16.4. The average molecular weight is 499 g/mol. The van der Waals surface area contributed by atoms with Crippen LogP contribution in [0, 0.1) is 17.5 Å². The third-order valence-corrected chi connectivity index (χ3v) is 6.92. The molecule has 31 heavy (non-hydrogen) atoms. The Balaban J connectivity index is 0.00000171. The molecular formula is C19H23Cl2F3N4O2S. The van der Waals surface area contributed by atoms with Gasteiger partial charge in [-0.05, 0) is 43.8 Å². The molecule has 0 aromatic heterocycles. The summed E-state index contributed by atoms with van der Waals surface area (Å²) in [5.74, 6) is -3.21. The van der Waals surface area contributed by atoms with E-state index in [4.69, 9.17) is 0 Å². The minimum atomic E-state index is -4.33. The van der Waals surface area contributed by atoms with Crippen molar-refractivity contribution in [1.82, 2.24) is 10.2 Å². The van der Waals surface area contributed by atoms with Gasteiger partial charge in [0.25, 0.3) is 0 Å². The van der Waals surface area contributed by atoms with E-state index in [1.54, 1.807) is 0 Å². The number of rotatable bonds is 4. The van der Waals surface area contributed by atoms with Gasteiger partial charge in [-0.3, -0.25) is 0 Å². The van der Waals surface area contributed by atoms with Crippen LogP contribution in [0.1, 0.15) is 6.42 Å². The minimum absolute atomic E-state index is 0. The molecule has 0 radical (unpaired) electrons. The molecule has 1 fully saturated rings. The molecule has 1 saturated heterocycles. The van der Waals surface area contributed by atoms with Gasteiger partial charge in [-0.25, -0.2) is 21.8 Å². The molecular weight excluding hydrogens is 476 g/mol. The van der Waals surface area contributed by atoms with Crippen LogP contribution < -0.4 is 13.9 Å². The highest BCUT2D eigenvalue weighted by Crippen LogP contribution is 2.47. The Hall–Kier alpha value is -1.72. The molecule has 2 aliphatic rings. The maximum Gasteiger partial charge on any atom is 0.331 e. The van der Waals surface area contributed by atoms with Crippen molar-refractivity contribution in [2.45, 2.75) is 6.42 Å². The Bertz CT molecular complexity index is 1020. The van der Waals surface area contributed by atoms with Gasteiger partial charge >= 0.3 is 10.2 Å². The van der Waals surface area contributed by atoms with E-state index < -0.39 is 33.3 Å². The Morgan fingerprint density at radius 2 is 1.55 bits per heavy atom. The molecule has 6 nitrogen and oxygen atoms in total. The number of nitrogens with one attached hydrogen (secondary N) is 1. The van der Waals surface area contributed by atoms with E-state index >= 15 is 0 Å². The van der Waals surface area contributed by atoms with Crippen LogP contribution >= 0.6 is 24.8 Å². The first-order valence-electron chi connectivity index (χ1n) is 9.40. The molecule has 2 aromatic carbocycles. The summed E-state index contributed by atoms with van der Waals surface area (Å²) in [6, 6.07) is 7.17. The zero-order valence-corrected chi connectivity index (χ0v) is 18.9. The second-order valence-electron chi connectivity index (χ2n) is 6.97. The molecule has 4 rings (SSSR count). The van der Waals surface area contributed by atoms with Crippen LogP contribution in [0.3, 0.4) is 0 Å². The van der Waals surface area contributed by atoms with Gasteiger partial charge in [-0.1, -0.05) is 12.1 Å². The van der Waals surface area contributed by atoms with Gasteiger partial charge in [0, 0.05) is 26.2 Å². The number of para-hydroxylation sites is 1. The van der Waals surface area contributed by atoms with Crippen LogP contribution in [0.15, 0.2) is 36.4 Å². The predicted octanol–water partition coefficient (Wildman–Crippen LogP) is 3.45. The fraction of sp³-hybridized carbons (Fsp3) is 0.368. The molecule has 0 atom stereocenters. The second kappa shape index (κ2) is 10.3. The summed E-state index contributed by atoms with van der Waals surface area (Å²) in [5, 5.41) is 3.27. The van der Waals surface area contributed by atoms with E-state index in [1.807, 2.05) is 0 Å². The normalized spacial score (nSPS) is 18.0. The van der Waals surface area contributed by atoms with Gasteiger partial charge in [-0.2, -0.15) is 8.42 Å². The molecule has 1 N–H and O–H groups in total. The van der Waals surface area contributed by atoms with Gasteiger partial charge in [0.05, 0.1) is 11.4 Å². The van der Waals surface area contributed by atoms with E-state index in [2.05, 4.69) is 10.2 Å². The molecule has 2 aromatic rings. The summed E-state index contributed by atoms with van der Waals surface area (Å²) in [7, 11) is -4.33. The van der Waals surface area contributed by atoms with Crippen molar-refractivity contribution in [2.24, 2.45) is 0 Å². The van der Waals surface area contributed by atoms with Crippen molar-refractivity contribution < 1.29 is 21.6 Å². The van der Waals surface area contributed by atoms with E-state index in [1.165, 1.54) is 18.2 Å². The summed E-state index contributed by atoms with van der Waals surface area (Å²) in [6.07, 6.45) is 0.929. The largest absolute Gasteiger partial charge is 0.331 e. The molecule has 0 saturated carbocycles. The molecule has 172 valence electrons. The number of anilines is 3. The fourth-order valence-corrected chi connectivity index (χ4v) is 5.45. The first-order chi connectivity index (χ1) is 13.9. The lowest BCUT2D eigenvalue weighted by molar-refractivity contribution is 0.301. The SMILES string of the molecule is Cl.Cl.O=S1(=O)N(CCN2CCCNCC2)c2c(F)cccc2N1c1cccc(F)c1F. The monoisotopic (exact) mass is 498 g/mol. The topological polar surface area (TPSA) is 55.9 Å². The molecule has 0 bridgehead atoms.